The lowest BCUT2D eigenvalue weighted by molar-refractivity contribution is -0.380. The van der Waals surface area contributed by atoms with Crippen LogP contribution in [0.15, 0.2) is 0 Å². The Morgan fingerprint density at radius 2 is 2.40 bits per heavy atom. The van der Waals surface area contributed by atoms with Gasteiger partial charge in [-0.25, -0.2) is 4.98 Å². The number of anilines is 1. The highest BCUT2D eigenvalue weighted by atomic mass is 35.5. The fourth-order valence-corrected chi connectivity index (χ4v) is 1.29. The third kappa shape index (κ3) is 1.17. The summed E-state index contributed by atoms with van der Waals surface area (Å²) in [5.74, 6) is 0. The van der Waals surface area contributed by atoms with E-state index >= 15 is 0 Å². The quantitative estimate of drug-likeness (QED) is 0.520. The Labute approximate surface area is 64.6 Å². The van der Waals surface area contributed by atoms with Crippen molar-refractivity contribution in [3.05, 3.63) is 15.3 Å². The second-order valence-electron chi connectivity index (χ2n) is 1.41. The van der Waals surface area contributed by atoms with Crippen LogP contribution in [0.1, 0.15) is 0 Å². The highest BCUT2D eigenvalue weighted by Gasteiger charge is 2.17. The molecule has 0 amide bonds. The number of nitro groups is 1. The Morgan fingerprint density at radius 1 is 1.80 bits per heavy atom. The molecular weight excluding hydrogens is 178 g/mol. The molecule has 0 atom stereocenters. The fraction of sp³-hybridized carbons (Fsp3) is 0. The monoisotopic (exact) mass is 179 g/mol. The predicted molar refractivity (Wildman–Crippen MR) is 38.2 cm³/mol. The molecule has 1 heterocycles. The summed E-state index contributed by atoms with van der Waals surface area (Å²) in [6, 6.07) is 0. The molecule has 0 saturated heterocycles. The van der Waals surface area contributed by atoms with Gasteiger partial charge < -0.3 is 5.73 Å². The van der Waals surface area contributed by atoms with Gasteiger partial charge in [-0.1, -0.05) is 11.6 Å². The van der Waals surface area contributed by atoms with Crippen LogP contribution in [0.3, 0.4) is 0 Å². The third-order valence-electron chi connectivity index (χ3n) is 0.752. The normalized spacial score (nSPS) is 9.70. The van der Waals surface area contributed by atoms with Crippen molar-refractivity contribution in [3.63, 3.8) is 0 Å². The molecule has 0 spiro atoms. The number of aromatic nitrogens is 1. The van der Waals surface area contributed by atoms with E-state index in [0.717, 1.165) is 11.3 Å². The van der Waals surface area contributed by atoms with Gasteiger partial charge in [0, 0.05) is 0 Å². The molecule has 5 nitrogen and oxygen atoms in total. The molecule has 1 aromatic rings. The van der Waals surface area contributed by atoms with Crippen molar-refractivity contribution in [3.8, 4) is 0 Å². The van der Waals surface area contributed by atoms with E-state index in [1.807, 2.05) is 0 Å². The van der Waals surface area contributed by atoms with Crippen molar-refractivity contribution >= 4 is 33.1 Å². The van der Waals surface area contributed by atoms with Crippen molar-refractivity contribution in [2.45, 2.75) is 0 Å². The molecule has 0 radical (unpaired) electrons. The van der Waals surface area contributed by atoms with Crippen LogP contribution in [0, 0.1) is 10.1 Å². The summed E-state index contributed by atoms with van der Waals surface area (Å²) >= 11 is 6.08. The van der Waals surface area contributed by atoms with Crippen molar-refractivity contribution in [2.75, 3.05) is 5.73 Å². The molecule has 0 aliphatic carbocycles. The van der Waals surface area contributed by atoms with Crippen LogP contribution in [-0.2, 0) is 0 Å². The van der Waals surface area contributed by atoms with Crippen LogP contribution in [0.2, 0.25) is 5.15 Å². The first-order chi connectivity index (χ1) is 4.61. The van der Waals surface area contributed by atoms with E-state index in [1.54, 1.807) is 0 Å². The zero-order chi connectivity index (χ0) is 7.72. The SMILES string of the molecule is Nc1nc(Cl)c([N+](=O)[O-])s1. The molecule has 0 fully saturated rings. The Hall–Kier alpha value is -0.880. The molecule has 7 heteroatoms. The molecule has 10 heavy (non-hydrogen) atoms. The lowest BCUT2D eigenvalue weighted by atomic mass is 10.9. The Bertz CT molecular complexity index is 273. The summed E-state index contributed by atoms with van der Waals surface area (Å²) in [6.07, 6.45) is 0. The number of hydrogen-bond donors (Lipinski definition) is 1. The highest BCUT2D eigenvalue weighted by Crippen LogP contribution is 2.31. The maximum Gasteiger partial charge on any atom is 0.364 e. The fourth-order valence-electron chi connectivity index (χ4n) is 0.421. The van der Waals surface area contributed by atoms with Gasteiger partial charge in [-0.2, -0.15) is 0 Å². The van der Waals surface area contributed by atoms with Crippen molar-refractivity contribution in [1.82, 2.24) is 4.98 Å². The average molecular weight is 180 g/mol. The summed E-state index contributed by atoms with van der Waals surface area (Å²) in [5.41, 5.74) is 5.14. The van der Waals surface area contributed by atoms with Gasteiger partial charge in [0.1, 0.15) is 0 Å². The lowest BCUT2D eigenvalue weighted by Crippen LogP contribution is -1.83. The molecule has 1 rings (SSSR count). The van der Waals surface area contributed by atoms with E-state index in [0.29, 0.717) is 0 Å². The summed E-state index contributed by atoms with van der Waals surface area (Å²) < 4.78 is 0. The maximum absolute atomic E-state index is 10.1. The first-order valence-corrected chi connectivity index (χ1v) is 3.37. The van der Waals surface area contributed by atoms with Gasteiger partial charge in [0.05, 0.1) is 4.92 Å². The van der Waals surface area contributed by atoms with Gasteiger partial charge in [0.15, 0.2) is 5.13 Å². The first kappa shape index (κ1) is 7.23. The summed E-state index contributed by atoms with van der Waals surface area (Å²) in [7, 11) is 0. The predicted octanol–water partition coefficient (Wildman–Crippen LogP) is 1.29. The van der Waals surface area contributed by atoms with E-state index in [9.17, 15) is 10.1 Å². The van der Waals surface area contributed by atoms with Crippen molar-refractivity contribution in [1.29, 1.82) is 0 Å². The Kier molecular flexibility index (Phi) is 1.73. The number of thiazole rings is 1. The molecule has 0 aliphatic heterocycles. The van der Waals surface area contributed by atoms with Crippen molar-refractivity contribution in [2.24, 2.45) is 0 Å². The van der Waals surface area contributed by atoms with Gasteiger partial charge in [-0.15, -0.1) is 0 Å². The van der Waals surface area contributed by atoms with E-state index < -0.39 is 4.92 Å². The van der Waals surface area contributed by atoms with Crippen LogP contribution < -0.4 is 5.73 Å². The van der Waals surface area contributed by atoms with E-state index in [-0.39, 0.29) is 15.3 Å². The van der Waals surface area contributed by atoms with E-state index in [1.165, 1.54) is 0 Å². The number of nitrogens with two attached hydrogens (primary N) is 1. The highest BCUT2D eigenvalue weighted by molar-refractivity contribution is 7.19. The topological polar surface area (TPSA) is 82.0 Å². The average Bonchev–Trinajstić information content (AvgIpc) is 2.10. The number of halogens is 1. The standard InChI is InChI=1S/C3H2ClN3O2S/c4-1-2(7(8)9)10-3(5)6-1/h(H2,5,6). The zero-order valence-corrected chi connectivity index (χ0v) is 6.15. The van der Waals surface area contributed by atoms with Crippen LogP contribution in [0.5, 0.6) is 0 Å². The lowest BCUT2D eigenvalue weighted by Gasteiger charge is -1.79. The summed E-state index contributed by atoms with van der Waals surface area (Å²) in [6.45, 7) is 0. The van der Waals surface area contributed by atoms with Crippen LogP contribution in [-0.4, -0.2) is 9.91 Å². The second kappa shape index (κ2) is 2.39. The van der Waals surface area contributed by atoms with E-state index in [4.69, 9.17) is 17.3 Å². The largest absolute Gasteiger partial charge is 0.375 e. The maximum atomic E-state index is 10.1. The van der Waals surface area contributed by atoms with Crippen LogP contribution in [0.25, 0.3) is 0 Å². The summed E-state index contributed by atoms with van der Waals surface area (Å²) in [5, 5.41) is 9.82. The van der Waals surface area contributed by atoms with Crippen LogP contribution in [0.4, 0.5) is 10.1 Å². The number of rotatable bonds is 1. The second-order valence-corrected chi connectivity index (χ2v) is 2.77. The molecule has 0 aliphatic rings. The third-order valence-corrected chi connectivity index (χ3v) is 1.96. The number of nitrogens with zero attached hydrogens (tertiary/aromatic N) is 2. The van der Waals surface area contributed by atoms with Gasteiger partial charge in [-0.05, 0) is 11.3 Å². The molecule has 0 unspecified atom stereocenters. The summed E-state index contributed by atoms with van der Waals surface area (Å²) in [4.78, 5) is 12.9. The number of nitrogen functional groups attached to an aromatic ring is 1. The smallest absolute Gasteiger partial charge is 0.364 e. The molecule has 1 aromatic heterocycles. The first-order valence-electron chi connectivity index (χ1n) is 2.17. The molecule has 0 bridgehead atoms. The molecule has 0 aromatic carbocycles. The van der Waals surface area contributed by atoms with Gasteiger partial charge in [-0.3, -0.25) is 10.1 Å². The van der Waals surface area contributed by atoms with Crippen molar-refractivity contribution < 1.29 is 4.92 Å². The Morgan fingerprint density at radius 3 is 2.60 bits per heavy atom. The molecule has 0 saturated carbocycles. The van der Waals surface area contributed by atoms with Gasteiger partial charge in [0.2, 0.25) is 5.15 Å². The minimum atomic E-state index is -0.615. The molecular formula is C3H2ClN3O2S. The zero-order valence-electron chi connectivity index (χ0n) is 4.57. The van der Waals surface area contributed by atoms with Crippen LogP contribution >= 0.6 is 22.9 Å². The van der Waals surface area contributed by atoms with E-state index in [2.05, 4.69) is 4.98 Å². The minimum absolute atomic E-state index is 0.108. The molecule has 54 valence electrons. The molecule has 2 N–H and O–H groups in total. The Balaban J connectivity index is 3.15. The minimum Gasteiger partial charge on any atom is -0.375 e. The van der Waals surface area contributed by atoms with Gasteiger partial charge >= 0.3 is 5.00 Å². The number of hydrogen-bond acceptors (Lipinski definition) is 5. The van der Waals surface area contributed by atoms with Gasteiger partial charge in [0.25, 0.3) is 0 Å².